The number of nitrogens with one attached hydrogen (secondary N) is 1. The lowest BCUT2D eigenvalue weighted by atomic mass is 10.1. The van der Waals surface area contributed by atoms with Crippen LogP contribution in [0.2, 0.25) is 0 Å². The molecule has 3 heteroatoms. The molecule has 0 unspecified atom stereocenters. The summed E-state index contributed by atoms with van der Waals surface area (Å²) in [5.74, 6) is 1.48. The van der Waals surface area contributed by atoms with Crippen LogP contribution in [-0.2, 0) is 0 Å². The Morgan fingerprint density at radius 1 is 1.12 bits per heavy atom. The van der Waals surface area contributed by atoms with Crippen LogP contribution in [0.15, 0.2) is 42.7 Å². The Bertz CT molecular complexity index is 466. The number of rotatable bonds is 4. The van der Waals surface area contributed by atoms with Gasteiger partial charge in [-0.1, -0.05) is 44.2 Å². The van der Waals surface area contributed by atoms with Crippen molar-refractivity contribution < 1.29 is 0 Å². The summed E-state index contributed by atoms with van der Waals surface area (Å²) in [6.07, 6.45) is 1.60. The van der Waals surface area contributed by atoms with E-state index < -0.39 is 0 Å². The van der Waals surface area contributed by atoms with Gasteiger partial charge < -0.3 is 5.32 Å². The summed E-state index contributed by atoms with van der Waals surface area (Å²) in [5, 5.41) is 3.30. The Hall–Kier alpha value is -1.90. The summed E-state index contributed by atoms with van der Waals surface area (Å²) in [6.45, 7) is 5.27. The third-order valence-corrected chi connectivity index (χ3v) is 2.43. The summed E-state index contributed by atoms with van der Waals surface area (Å²) in [6, 6.07) is 12.1. The van der Waals surface area contributed by atoms with Crippen molar-refractivity contribution in [1.82, 2.24) is 9.97 Å². The second-order valence-corrected chi connectivity index (χ2v) is 4.43. The average molecular weight is 227 g/mol. The van der Waals surface area contributed by atoms with Gasteiger partial charge in [0.25, 0.3) is 0 Å². The van der Waals surface area contributed by atoms with Gasteiger partial charge in [0.15, 0.2) is 0 Å². The Labute approximate surface area is 102 Å². The maximum absolute atomic E-state index is 4.29. The van der Waals surface area contributed by atoms with Crippen LogP contribution in [0.4, 0.5) is 5.82 Å². The minimum absolute atomic E-state index is 0.602. The topological polar surface area (TPSA) is 37.8 Å². The molecule has 0 radical (unpaired) electrons. The van der Waals surface area contributed by atoms with E-state index in [1.165, 1.54) is 0 Å². The van der Waals surface area contributed by atoms with E-state index in [1.54, 1.807) is 6.33 Å². The molecule has 0 aliphatic rings. The first-order chi connectivity index (χ1) is 8.25. The van der Waals surface area contributed by atoms with Gasteiger partial charge in [-0.05, 0) is 5.92 Å². The molecule has 0 aliphatic heterocycles. The fourth-order valence-electron chi connectivity index (χ4n) is 1.53. The predicted octanol–water partition coefficient (Wildman–Crippen LogP) is 3.21. The number of hydrogen-bond acceptors (Lipinski definition) is 3. The third kappa shape index (κ3) is 3.28. The molecule has 0 spiro atoms. The molecule has 1 aromatic carbocycles. The van der Waals surface area contributed by atoms with Gasteiger partial charge >= 0.3 is 0 Å². The third-order valence-electron chi connectivity index (χ3n) is 2.43. The van der Waals surface area contributed by atoms with Gasteiger partial charge in [-0.2, -0.15) is 0 Å². The van der Waals surface area contributed by atoms with Crippen molar-refractivity contribution in [3.8, 4) is 11.3 Å². The highest BCUT2D eigenvalue weighted by Crippen LogP contribution is 2.17. The van der Waals surface area contributed by atoms with Crippen LogP contribution >= 0.6 is 0 Å². The summed E-state index contributed by atoms with van der Waals surface area (Å²) >= 11 is 0. The van der Waals surface area contributed by atoms with Crippen LogP contribution in [0.25, 0.3) is 11.3 Å². The van der Waals surface area contributed by atoms with Gasteiger partial charge in [0.1, 0.15) is 12.1 Å². The molecular weight excluding hydrogens is 210 g/mol. The van der Waals surface area contributed by atoms with Crippen molar-refractivity contribution >= 4 is 5.82 Å². The van der Waals surface area contributed by atoms with Crippen LogP contribution < -0.4 is 5.32 Å². The highest BCUT2D eigenvalue weighted by molar-refractivity contribution is 5.61. The van der Waals surface area contributed by atoms with Crippen LogP contribution in [0.3, 0.4) is 0 Å². The lowest BCUT2D eigenvalue weighted by molar-refractivity contribution is 0.687. The molecule has 0 aliphatic carbocycles. The maximum Gasteiger partial charge on any atom is 0.129 e. The molecule has 0 fully saturated rings. The quantitative estimate of drug-likeness (QED) is 0.871. The van der Waals surface area contributed by atoms with Gasteiger partial charge in [0, 0.05) is 18.2 Å². The molecule has 3 nitrogen and oxygen atoms in total. The molecule has 1 aromatic heterocycles. The molecule has 0 amide bonds. The van der Waals surface area contributed by atoms with Crippen molar-refractivity contribution in [2.75, 3.05) is 11.9 Å². The van der Waals surface area contributed by atoms with Crippen molar-refractivity contribution in [2.45, 2.75) is 13.8 Å². The lowest BCUT2D eigenvalue weighted by Crippen LogP contribution is -2.09. The fourth-order valence-corrected chi connectivity index (χ4v) is 1.53. The molecule has 1 heterocycles. The fraction of sp³-hybridized carbons (Fsp3) is 0.286. The SMILES string of the molecule is CC(C)CNc1cc(-c2ccccc2)ncn1. The second-order valence-electron chi connectivity index (χ2n) is 4.43. The van der Waals surface area contributed by atoms with E-state index in [-0.39, 0.29) is 0 Å². The Morgan fingerprint density at radius 2 is 1.88 bits per heavy atom. The average Bonchev–Trinajstić information content (AvgIpc) is 2.38. The van der Waals surface area contributed by atoms with Crippen LogP contribution in [-0.4, -0.2) is 16.5 Å². The van der Waals surface area contributed by atoms with Crippen molar-refractivity contribution in [3.05, 3.63) is 42.7 Å². The zero-order chi connectivity index (χ0) is 12.1. The molecule has 2 aromatic rings. The van der Waals surface area contributed by atoms with Crippen LogP contribution in [0, 0.1) is 5.92 Å². The normalized spacial score (nSPS) is 10.5. The minimum Gasteiger partial charge on any atom is -0.370 e. The first-order valence-electron chi connectivity index (χ1n) is 5.87. The number of anilines is 1. The molecule has 0 saturated heterocycles. The molecule has 17 heavy (non-hydrogen) atoms. The number of benzene rings is 1. The van der Waals surface area contributed by atoms with Crippen molar-refractivity contribution in [2.24, 2.45) is 5.92 Å². The summed E-state index contributed by atoms with van der Waals surface area (Å²) in [4.78, 5) is 8.50. The molecule has 0 atom stereocenters. The molecular formula is C14H17N3. The zero-order valence-corrected chi connectivity index (χ0v) is 10.2. The first-order valence-corrected chi connectivity index (χ1v) is 5.87. The van der Waals surface area contributed by atoms with Gasteiger partial charge in [-0.3, -0.25) is 0 Å². The van der Waals surface area contributed by atoms with Gasteiger partial charge in [0.05, 0.1) is 5.69 Å². The van der Waals surface area contributed by atoms with Crippen LogP contribution in [0.1, 0.15) is 13.8 Å². The Balaban J connectivity index is 2.17. The van der Waals surface area contributed by atoms with E-state index in [2.05, 4.69) is 41.3 Å². The highest BCUT2D eigenvalue weighted by Gasteiger charge is 2.01. The van der Waals surface area contributed by atoms with Crippen molar-refractivity contribution in [1.29, 1.82) is 0 Å². The maximum atomic E-state index is 4.29. The van der Waals surface area contributed by atoms with Crippen molar-refractivity contribution in [3.63, 3.8) is 0 Å². The molecule has 88 valence electrons. The van der Waals surface area contributed by atoms with E-state index in [0.717, 1.165) is 23.6 Å². The van der Waals surface area contributed by atoms with E-state index >= 15 is 0 Å². The Kier molecular flexibility index (Phi) is 3.70. The first kappa shape index (κ1) is 11.6. The standard InChI is InChI=1S/C14H17N3/c1-11(2)9-15-14-8-13(16-10-17-14)12-6-4-3-5-7-12/h3-8,10-11H,9H2,1-2H3,(H,15,16,17). The largest absolute Gasteiger partial charge is 0.370 e. The number of hydrogen-bond donors (Lipinski definition) is 1. The summed E-state index contributed by atoms with van der Waals surface area (Å²) < 4.78 is 0. The van der Waals surface area contributed by atoms with E-state index in [9.17, 15) is 0 Å². The van der Waals surface area contributed by atoms with Crippen LogP contribution in [0.5, 0.6) is 0 Å². The van der Waals surface area contributed by atoms with E-state index in [0.29, 0.717) is 5.92 Å². The number of nitrogens with zero attached hydrogens (tertiary/aromatic N) is 2. The summed E-state index contributed by atoms with van der Waals surface area (Å²) in [5.41, 5.74) is 2.06. The Morgan fingerprint density at radius 3 is 2.59 bits per heavy atom. The smallest absolute Gasteiger partial charge is 0.129 e. The van der Waals surface area contributed by atoms with E-state index in [1.807, 2.05) is 24.3 Å². The predicted molar refractivity (Wildman–Crippen MR) is 70.8 cm³/mol. The zero-order valence-electron chi connectivity index (χ0n) is 10.2. The molecule has 0 bridgehead atoms. The van der Waals surface area contributed by atoms with Gasteiger partial charge in [0.2, 0.25) is 0 Å². The van der Waals surface area contributed by atoms with Gasteiger partial charge in [-0.25, -0.2) is 9.97 Å². The van der Waals surface area contributed by atoms with Gasteiger partial charge in [-0.15, -0.1) is 0 Å². The summed E-state index contributed by atoms with van der Waals surface area (Å²) in [7, 11) is 0. The van der Waals surface area contributed by atoms with E-state index in [4.69, 9.17) is 0 Å². The second kappa shape index (κ2) is 5.43. The molecule has 2 rings (SSSR count). The minimum atomic E-state index is 0.602. The lowest BCUT2D eigenvalue weighted by Gasteiger charge is -2.08. The number of aromatic nitrogens is 2. The molecule has 1 N–H and O–H groups in total. The molecule has 0 saturated carbocycles. The monoisotopic (exact) mass is 227 g/mol. The highest BCUT2D eigenvalue weighted by atomic mass is 15.0.